The van der Waals surface area contributed by atoms with Crippen molar-refractivity contribution in [3.05, 3.63) is 35.4 Å². The molecule has 1 aromatic carbocycles. The van der Waals surface area contributed by atoms with Gasteiger partial charge in [0.15, 0.2) is 0 Å². The fraction of sp³-hybridized carbons (Fsp3) is 0.333. The Morgan fingerprint density at radius 1 is 1.31 bits per heavy atom. The number of nitrogens with zero attached hydrogens (tertiary/aromatic N) is 2. The summed E-state index contributed by atoms with van der Waals surface area (Å²) in [7, 11) is 0. The van der Waals surface area contributed by atoms with Crippen LogP contribution in [0.3, 0.4) is 0 Å². The molecule has 0 aliphatic carbocycles. The third kappa shape index (κ3) is 2.28. The van der Waals surface area contributed by atoms with E-state index in [0.717, 1.165) is 0 Å². The molecular weight excluding hydrogens is 204 g/mol. The van der Waals surface area contributed by atoms with Gasteiger partial charge in [-0.05, 0) is 12.1 Å². The van der Waals surface area contributed by atoms with E-state index in [9.17, 15) is 9.59 Å². The van der Waals surface area contributed by atoms with Gasteiger partial charge in [0.05, 0.1) is 0 Å². The molecule has 0 spiro atoms. The Morgan fingerprint density at radius 2 is 2.06 bits per heavy atom. The molecule has 1 amide bonds. The lowest BCUT2D eigenvalue weighted by Gasteiger charge is -2.26. The molecule has 2 radical (unpaired) electrons. The highest BCUT2D eigenvalue weighted by Crippen LogP contribution is 2.08. The summed E-state index contributed by atoms with van der Waals surface area (Å²) in [5.74, 6) is -0.0352. The van der Waals surface area contributed by atoms with Crippen LogP contribution in [0.25, 0.3) is 0 Å². The molecule has 0 saturated carbocycles. The fourth-order valence-electron chi connectivity index (χ4n) is 1.71. The SMILES string of the molecule is O=[C]c1cccc(C(=O)N2CC[N]CC2)c1. The maximum atomic E-state index is 12.0. The Balaban J connectivity index is 2.15. The summed E-state index contributed by atoms with van der Waals surface area (Å²) >= 11 is 0. The van der Waals surface area contributed by atoms with Crippen molar-refractivity contribution in [2.24, 2.45) is 0 Å². The number of carbonyl (C=O) groups excluding carboxylic acids is 2. The summed E-state index contributed by atoms with van der Waals surface area (Å²) in [4.78, 5) is 24.3. The van der Waals surface area contributed by atoms with Crippen LogP contribution in [0.4, 0.5) is 0 Å². The number of hydrogen-bond donors (Lipinski definition) is 0. The van der Waals surface area contributed by atoms with E-state index < -0.39 is 0 Å². The molecule has 1 aliphatic rings. The first kappa shape index (κ1) is 10.8. The number of piperazine rings is 1. The Kier molecular flexibility index (Phi) is 3.31. The molecule has 1 aliphatic heterocycles. The second kappa shape index (κ2) is 4.90. The molecule has 0 aromatic heterocycles. The summed E-state index contributed by atoms with van der Waals surface area (Å²) in [6.45, 7) is 2.72. The number of benzene rings is 1. The van der Waals surface area contributed by atoms with E-state index in [1.165, 1.54) is 0 Å². The second-order valence-electron chi connectivity index (χ2n) is 3.65. The van der Waals surface area contributed by atoms with Crippen LogP contribution in [0.2, 0.25) is 0 Å². The van der Waals surface area contributed by atoms with Crippen LogP contribution < -0.4 is 5.32 Å². The maximum Gasteiger partial charge on any atom is 0.253 e. The highest BCUT2D eigenvalue weighted by Gasteiger charge is 2.18. The lowest BCUT2D eigenvalue weighted by atomic mass is 10.1. The Morgan fingerprint density at radius 3 is 2.75 bits per heavy atom. The molecule has 1 heterocycles. The highest BCUT2D eigenvalue weighted by molar-refractivity contribution is 5.95. The van der Waals surface area contributed by atoms with Crippen molar-refractivity contribution in [1.29, 1.82) is 0 Å². The van der Waals surface area contributed by atoms with E-state index in [4.69, 9.17) is 0 Å². The summed E-state index contributed by atoms with van der Waals surface area (Å²) in [6.07, 6.45) is 1.79. The van der Waals surface area contributed by atoms with E-state index in [1.54, 1.807) is 35.5 Å². The quantitative estimate of drug-likeness (QED) is 0.709. The molecule has 1 aromatic rings. The van der Waals surface area contributed by atoms with Crippen LogP contribution in [0.15, 0.2) is 24.3 Å². The van der Waals surface area contributed by atoms with Gasteiger partial charge in [-0.2, -0.15) is 0 Å². The van der Waals surface area contributed by atoms with Crippen LogP contribution in [0.5, 0.6) is 0 Å². The minimum Gasteiger partial charge on any atom is -0.336 e. The Labute approximate surface area is 94.2 Å². The predicted molar refractivity (Wildman–Crippen MR) is 59.0 cm³/mol. The van der Waals surface area contributed by atoms with E-state index in [1.807, 2.05) is 0 Å². The molecule has 4 nitrogen and oxygen atoms in total. The summed E-state index contributed by atoms with van der Waals surface area (Å²) < 4.78 is 0. The monoisotopic (exact) mass is 216 g/mol. The third-order valence-electron chi connectivity index (χ3n) is 2.57. The highest BCUT2D eigenvalue weighted by atomic mass is 16.2. The first-order valence-corrected chi connectivity index (χ1v) is 5.22. The molecule has 0 atom stereocenters. The Hall–Kier alpha value is -1.68. The number of carbonyl (C=O) groups is 1. The summed E-state index contributed by atoms with van der Waals surface area (Å²) in [5, 5.41) is 4.18. The molecule has 0 bridgehead atoms. The van der Waals surface area contributed by atoms with Gasteiger partial charge in [0.2, 0.25) is 6.29 Å². The average Bonchev–Trinajstić information content (AvgIpc) is 2.39. The van der Waals surface area contributed by atoms with E-state index in [-0.39, 0.29) is 5.91 Å². The van der Waals surface area contributed by atoms with Gasteiger partial charge in [-0.1, -0.05) is 12.1 Å². The van der Waals surface area contributed by atoms with Crippen molar-refractivity contribution < 1.29 is 9.59 Å². The molecule has 1 saturated heterocycles. The second-order valence-corrected chi connectivity index (χ2v) is 3.65. The molecule has 2 rings (SSSR count). The average molecular weight is 216 g/mol. The molecular formula is C12H12N2O2. The fourth-order valence-corrected chi connectivity index (χ4v) is 1.71. The van der Waals surface area contributed by atoms with Gasteiger partial charge in [-0.25, -0.2) is 5.32 Å². The first-order valence-electron chi connectivity index (χ1n) is 5.22. The number of amides is 1. The van der Waals surface area contributed by atoms with Gasteiger partial charge in [0, 0.05) is 37.3 Å². The molecule has 4 heteroatoms. The van der Waals surface area contributed by atoms with Crippen LogP contribution in [-0.4, -0.2) is 43.3 Å². The molecule has 16 heavy (non-hydrogen) atoms. The Bertz CT molecular complexity index is 398. The summed E-state index contributed by atoms with van der Waals surface area (Å²) in [6, 6.07) is 6.62. The van der Waals surface area contributed by atoms with Gasteiger partial charge in [-0.3, -0.25) is 9.59 Å². The van der Waals surface area contributed by atoms with Crippen LogP contribution >= 0.6 is 0 Å². The van der Waals surface area contributed by atoms with Gasteiger partial charge in [-0.15, -0.1) is 0 Å². The van der Waals surface area contributed by atoms with Crippen LogP contribution in [0, 0.1) is 0 Å². The minimum absolute atomic E-state index is 0.0352. The molecule has 0 N–H and O–H groups in total. The predicted octanol–water partition coefficient (Wildman–Crippen LogP) is 0.205. The largest absolute Gasteiger partial charge is 0.336 e. The normalized spacial score (nSPS) is 15.9. The first-order chi connectivity index (χ1) is 7.81. The van der Waals surface area contributed by atoms with Crippen LogP contribution in [-0.2, 0) is 4.79 Å². The van der Waals surface area contributed by atoms with Crippen molar-refractivity contribution in [3.63, 3.8) is 0 Å². The van der Waals surface area contributed by atoms with Crippen molar-refractivity contribution in [2.45, 2.75) is 0 Å². The smallest absolute Gasteiger partial charge is 0.253 e. The van der Waals surface area contributed by atoms with Gasteiger partial charge >= 0.3 is 0 Å². The van der Waals surface area contributed by atoms with Gasteiger partial charge < -0.3 is 4.90 Å². The lowest BCUT2D eigenvalue weighted by molar-refractivity contribution is 0.0734. The number of rotatable bonds is 2. The third-order valence-corrected chi connectivity index (χ3v) is 2.57. The van der Waals surface area contributed by atoms with Crippen molar-refractivity contribution >= 4 is 12.2 Å². The zero-order chi connectivity index (χ0) is 11.4. The summed E-state index contributed by atoms with van der Waals surface area (Å²) in [5.41, 5.74) is 0.954. The van der Waals surface area contributed by atoms with Crippen molar-refractivity contribution in [2.75, 3.05) is 26.2 Å². The van der Waals surface area contributed by atoms with Crippen molar-refractivity contribution in [1.82, 2.24) is 10.2 Å². The van der Waals surface area contributed by atoms with E-state index in [2.05, 4.69) is 5.32 Å². The zero-order valence-electron chi connectivity index (χ0n) is 8.85. The van der Waals surface area contributed by atoms with E-state index >= 15 is 0 Å². The zero-order valence-corrected chi connectivity index (χ0v) is 8.85. The van der Waals surface area contributed by atoms with Crippen LogP contribution in [0.1, 0.15) is 15.9 Å². The molecule has 82 valence electrons. The van der Waals surface area contributed by atoms with E-state index in [0.29, 0.717) is 37.3 Å². The minimum atomic E-state index is -0.0352. The van der Waals surface area contributed by atoms with Crippen molar-refractivity contribution in [3.8, 4) is 0 Å². The lowest BCUT2D eigenvalue weighted by Crippen LogP contribution is -2.43. The maximum absolute atomic E-state index is 12.0. The standard InChI is InChI=1S/C12H12N2O2/c15-9-10-2-1-3-11(8-10)12(16)14-6-4-13-5-7-14/h1-3,8H,4-7H2. The topological polar surface area (TPSA) is 51.5 Å². The van der Waals surface area contributed by atoms with Gasteiger partial charge in [0.25, 0.3) is 5.91 Å². The molecule has 1 fully saturated rings. The van der Waals surface area contributed by atoms with Gasteiger partial charge in [0.1, 0.15) is 0 Å². The molecule has 0 unspecified atom stereocenters. The number of hydrogen-bond acceptors (Lipinski definition) is 2.